The molecule has 0 saturated carbocycles. The van der Waals surface area contributed by atoms with Crippen molar-refractivity contribution in [2.45, 2.75) is 39.8 Å². The quantitative estimate of drug-likeness (QED) is 0.522. The van der Waals surface area contributed by atoms with Crippen molar-refractivity contribution in [3.8, 4) is 0 Å². The second-order valence-corrected chi connectivity index (χ2v) is 6.13. The van der Waals surface area contributed by atoms with Crippen LogP contribution in [0.25, 0.3) is 0 Å². The minimum Gasteiger partial charge on any atom is -0.452 e. The molecule has 3 rings (SSSR count). The summed E-state index contributed by atoms with van der Waals surface area (Å²) in [6.45, 7) is 5.58. The van der Waals surface area contributed by atoms with Gasteiger partial charge in [0.1, 0.15) is 12.6 Å². The Kier molecular flexibility index (Phi) is 4.65. The predicted octanol–water partition coefficient (Wildman–Crippen LogP) is 1.77. The van der Waals surface area contributed by atoms with Gasteiger partial charge in [-0.1, -0.05) is 18.2 Å². The summed E-state index contributed by atoms with van der Waals surface area (Å²) in [5.41, 5.74) is 6.32. The van der Waals surface area contributed by atoms with Crippen LogP contribution in [0.5, 0.6) is 0 Å². The molecule has 0 saturated heterocycles. The molecular formula is C18H20N4O3. The van der Waals surface area contributed by atoms with Crippen LogP contribution < -0.4 is 5.43 Å². The van der Waals surface area contributed by atoms with E-state index in [9.17, 15) is 9.59 Å². The van der Waals surface area contributed by atoms with E-state index in [1.165, 1.54) is 0 Å². The van der Waals surface area contributed by atoms with Gasteiger partial charge in [-0.3, -0.25) is 9.48 Å². The van der Waals surface area contributed by atoms with Gasteiger partial charge in [-0.2, -0.15) is 10.2 Å². The molecular weight excluding hydrogens is 320 g/mol. The van der Waals surface area contributed by atoms with Gasteiger partial charge in [0.15, 0.2) is 0 Å². The lowest BCUT2D eigenvalue weighted by Gasteiger charge is -2.24. The number of hydrogen-bond acceptors (Lipinski definition) is 5. The van der Waals surface area contributed by atoms with E-state index in [4.69, 9.17) is 4.74 Å². The van der Waals surface area contributed by atoms with Crippen molar-refractivity contribution in [2.24, 2.45) is 5.10 Å². The molecule has 2 aromatic rings. The summed E-state index contributed by atoms with van der Waals surface area (Å²) in [7, 11) is 0. The molecule has 1 aliphatic heterocycles. The molecule has 1 amide bonds. The van der Waals surface area contributed by atoms with Crippen LogP contribution in [0.3, 0.4) is 0 Å². The van der Waals surface area contributed by atoms with Crippen molar-refractivity contribution in [3.63, 3.8) is 0 Å². The number of carbonyl (C=O) groups excluding carboxylic acids is 2. The summed E-state index contributed by atoms with van der Waals surface area (Å²) < 4.78 is 7.03. The predicted molar refractivity (Wildman–Crippen MR) is 92.3 cm³/mol. The third-order valence-corrected chi connectivity index (χ3v) is 4.11. The van der Waals surface area contributed by atoms with Crippen molar-refractivity contribution < 1.29 is 14.3 Å². The van der Waals surface area contributed by atoms with Crippen molar-refractivity contribution in [1.29, 1.82) is 0 Å². The minimum absolute atomic E-state index is 0.0870. The lowest BCUT2D eigenvalue weighted by Crippen LogP contribution is -2.35. The average Bonchev–Trinajstić information content (AvgIpc) is 2.89. The third kappa shape index (κ3) is 3.76. The highest BCUT2D eigenvalue weighted by atomic mass is 16.5. The number of hydrazone groups is 1. The van der Waals surface area contributed by atoms with E-state index in [0.29, 0.717) is 17.7 Å². The first kappa shape index (κ1) is 16.9. The van der Waals surface area contributed by atoms with E-state index in [1.807, 2.05) is 32.0 Å². The standard InChI is InChI=1S/C18H20N4O3/c1-11-8-12(2)22(21-11)10-17(23)20-19-13(3)16-9-14-6-4-5-7-15(14)18(24)25-16/h4-8,16H,9-10H2,1-3H3,(H,20,23). The third-order valence-electron chi connectivity index (χ3n) is 4.11. The second kappa shape index (κ2) is 6.88. The Morgan fingerprint density at radius 1 is 1.40 bits per heavy atom. The zero-order chi connectivity index (χ0) is 18.0. The van der Waals surface area contributed by atoms with Crippen molar-refractivity contribution >= 4 is 17.6 Å². The molecule has 1 aliphatic rings. The number of aryl methyl sites for hydroxylation is 2. The fourth-order valence-corrected chi connectivity index (χ4v) is 2.79. The number of carbonyl (C=O) groups is 2. The number of amides is 1. The number of nitrogens with one attached hydrogen (secondary N) is 1. The lowest BCUT2D eigenvalue weighted by molar-refractivity contribution is -0.121. The maximum Gasteiger partial charge on any atom is 0.339 e. The summed E-state index contributed by atoms with van der Waals surface area (Å²) in [6, 6.07) is 9.24. The highest BCUT2D eigenvalue weighted by molar-refractivity contribution is 5.97. The molecule has 1 aromatic heterocycles. The number of rotatable bonds is 4. The van der Waals surface area contributed by atoms with E-state index >= 15 is 0 Å². The van der Waals surface area contributed by atoms with Crippen LogP contribution >= 0.6 is 0 Å². The van der Waals surface area contributed by atoms with Crippen LogP contribution in [-0.4, -0.2) is 33.5 Å². The molecule has 0 fully saturated rings. The van der Waals surface area contributed by atoms with Gasteiger partial charge >= 0.3 is 5.97 Å². The van der Waals surface area contributed by atoms with Crippen LogP contribution in [-0.2, 0) is 22.5 Å². The molecule has 1 atom stereocenters. The monoisotopic (exact) mass is 340 g/mol. The van der Waals surface area contributed by atoms with E-state index in [2.05, 4.69) is 15.6 Å². The first-order valence-corrected chi connectivity index (χ1v) is 8.07. The van der Waals surface area contributed by atoms with Gasteiger partial charge in [0, 0.05) is 12.1 Å². The van der Waals surface area contributed by atoms with Crippen molar-refractivity contribution in [3.05, 3.63) is 52.8 Å². The number of benzene rings is 1. The second-order valence-electron chi connectivity index (χ2n) is 6.13. The summed E-state index contributed by atoms with van der Waals surface area (Å²) in [5, 5.41) is 8.33. The topological polar surface area (TPSA) is 85.6 Å². The fourth-order valence-electron chi connectivity index (χ4n) is 2.79. The molecule has 1 aromatic carbocycles. The Morgan fingerprint density at radius 2 is 2.16 bits per heavy atom. The molecule has 7 heteroatoms. The summed E-state index contributed by atoms with van der Waals surface area (Å²) >= 11 is 0. The Hall–Kier alpha value is -2.96. The summed E-state index contributed by atoms with van der Waals surface area (Å²) in [4.78, 5) is 24.1. The minimum atomic E-state index is -0.476. The first-order valence-electron chi connectivity index (χ1n) is 8.07. The van der Waals surface area contributed by atoms with Crippen LogP contribution in [0.15, 0.2) is 35.4 Å². The molecule has 2 heterocycles. The number of nitrogens with zero attached hydrogens (tertiary/aromatic N) is 3. The molecule has 1 unspecified atom stereocenters. The van der Waals surface area contributed by atoms with Gasteiger partial charge in [-0.15, -0.1) is 0 Å². The van der Waals surface area contributed by atoms with Crippen molar-refractivity contribution in [1.82, 2.24) is 15.2 Å². The van der Waals surface area contributed by atoms with E-state index in [1.54, 1.807) is 23.7 Å². The van der Waals surface area contributed by atoms with Crippen LogP contribution in [0, 0.1) is 13.8 Å². The zero-order valence-corrected chi connectivity index (χ0v) is 14.4. The number of cyclic esters (lactones) is 1. The van der Waals surface area contributed by atoms with Gasteiger partial charge in [0.25, 0.3) is 5.91 Å². The SMILES string of the molecule is CC(=NNC(=O)Cn1nc(C)cc1C)C1Cc2ccccc2C(=O)O1. The van der Waals surface area contributed by atoms with E-state index in [0.717, 1.165) is 17.0 Å². The Balaban J connectivity index is 1.63. The first-order chi connectivity index (χ1) is 11.9. The molecule has 130 valence electrons. The van der Waals surface area contributed by atoms with Crippen LogP contribution in [0.4, 0.5) is 0 Å². The number of hydrogen-bond donors (Lipinski definition) is 1. The van der Waals surface area contributed by atoms with E-state index < -0.39 is 6.10 Å². The molecule has 0 bridgehead atoms. The molecule has 7 nitrogen and oxygen atoms in total. The van der Waals surface area contributed by atoms with Gasteiger partial charge in [-0.25, -0.2) is 10.2 Å². The Bertz CT molecular complexity index is 854. The van der Waals surface area contributed by atoms with Gasteiger partial charge in [0.05, 0.1) is 17.0 Å². The molecule has 25 heavy (non-hydrogen) atoms. The number of esters is 1. The highest BCUT2D eigenvalue weighted by Crippen LogP contribution is 2.21. The molecule has 1 N–H and O–H groups in total. The molecule has 0 spiro atoms. The number of aromatic nitrogens is 2. The largest absolute Gasteiger partial charge is 0.452 e. The Morgan fingerprint density at radius 3 is 2.88 bits per heavy atom. The average molecular weight is 340 g/mol. The molecule has 0 radical (unpaired) electrons. The summed E-state index contributed by atoms with van der Waals surface area (Å²) in [6.07, 6.45) is 0.0706. The van der Waals surface area contributed by atoms with E-state index in [-0.39, 0.29) is 18.4 Å². The van der Waals surface area contributed by atoms with Gasteiger partial charge in [-0.05, 0) is 38.5 Å². The lowest BCUT2D eigenvalue weighted by atomic mass is 9.97. The number of fused-ring (bicyclic) bond motifs is 1. The maximum absolute atomic E-state index is 12.0. The number of ether oxygens (including phenoxy) is 1. The summed E-state index contributed by atoms with van der Waals surface area (Å²) in [5.74, 6) is -0.650. The van der Waals surface area contributed by atoms with Gasteiger partial charge in [0.2, 0.25) is 0 Å². The van der Waals surface area contributed by atoms with Gasteiger partial charge < -0.3 is 4.74 Å². The zero-order valence-electron chi connectivity index (χ0n) is 14.4. The highest BCUT2D eigenvalue weighted by Gasteiger charge is 2.27. The van der Waals surface area contributed by atoms with Crippen molar-refractivity contribution in [2.75, 3.05) is 0 Å². The smallest absolute Gasteiger partial charge is 0.339 e. The normalized spacial score (nSPS) is 17.0. The molecule has 0 aliphatic carbocycles. The maximum atomic E-state index is 12.0. The van der Waals surface area contributed by atoms with Crippen LogP contribution in [0.1, 0.15) is 34.2 Å². The van der Waals surface area contributed by atoms with Crippen LogP contribution in [0.2, 0.25) is 0 Å². The fraction of sp³-hybridized carbons (Fsp3) is 0.333. The Labute approximate surface area is 145 Å².